The van der Waals surface area contributed by atoms with Gasteiger partial charge in [0.05, 0.1) is 11.2 Å². The quantitative estimate of drug-likeness (QED) is 0.485. The molecule has 0 aromatic rings. The Morgan fingerprint density at radius 3 is 2.45 bits per heavy atom. The van der Waals surface area contributed by atoms with Gasteiger partial charge < -0.3 is 15.2 Å². The molecule has 3 nitrogen and oxygen atoms in total. The molecule has 0 atom stereocenters. The molecule has 0 amide bonds. The third-order valence-electron chi connectivity index (χ3n) is 1.53. The topological polar surface area (TPSA) is 60.7 Å². The van der Waals surface area contributed by atoms with Crippen molar-refractivity contribution in [3.8, 4) is 0 Å². The summed E-state index contributed by atoms with van der Waals surface area (Å²) >= 11 is 0. The van der Waals surface area contributed by atoms with E-state index < -0.39 is 18.4 Å². The first kappa shape index (κ1) is 8.29. The molecule has 1 rings (SSSR count). The van der Waals surface area contributed by atoms with Crippen LogP contribution in [0.1, 0.15) is 12.8 Å². The molecule has 0 saturated heterocycles. The molecule has 3 N–H and O–H groups in total. The molecule has 60 valence electrons. The van der Waals surface area contributed by atoms with Crippen molar-refractivity contribution in [2.45, 2.75) is 12.8 Å². The number of allylic oxidation sites excluding steroid dienone is 4. The predicted molar refractivity (Wildman–Crippen MR) is 38.3 cm³/mol. The molecule has 0 aliphatic heterocycles. The van der Waals surface area contributed by atoms with E-state index in [9.17, 15) is 4.39 Å². The highest BCUT2D eigenvalue weighted by molar-refractivity contribution is 6.52. The molecule has 0 unspecified atom stereocenters. The smallest absolute Gasteiger partial charge is 0.494 e. The SMILES string of the molecule is OB(O)C1=C(O)CCC=C1F. The van der Waals surface area contributed by atoms with Crippen molar-refractivity contribution >= 4 is 7.12 Å². The molecule has 0 spiro atoms. The van der Waals surface area contributed by atoms with Crippen molar-refractivity contribution in [1.82, 2.24) is 0 Å². The molecule has 0 bridgehead atoms. The maximum atomic E-state index is 12.7. The number of aliphatic hydroxyl groups is 1. The van der Waals surface area contributed by atoms with Crippen molar-refractivity contribution < 1.29 is 19.5 Å². The Morgan fingerprint density at radius 1 is 1.45 bits per heavy atom. The Labute approximate surface area is 63.6 Å². The summed E-state index contributed by atoms with van der Waals surface area (Å²) in [7, 11) is -1.92. The van der Waals surface area contributed by atoms with E-state index in [-0.39, 0.29) is 12.2 Å². The number of hydrogen-bond acceptors (Lipinski definition) is 3. The molecule has 0 saturated carbocycles. The number of hydrogen-bond donors (Lipinski definition) is 3. The van der Waals surface area contributed by atoms with E-state index in [4.69, 9.17) is 15.2 Å². The van der Waals surface area contributed by atoms with E-state index in [0.29, 0.717) is 6.42 Å². The van der Waals surface area contributed by atoms with Gasteiger partial charge in [0.2, 0.25) is 0 Å². The van der Waals surface area contributed by atoms with E-state index >= 15 is 0 Å². The molecular weight excluding hydrogens is 150 g/mol. The summed E-state index contributed by atoms with van der Waals surface area (Å²) in [5, 5.41) is 26.1. The van der Waals surface area contributed by atoms with Gasteiger partial charge in [0.25, 0.3) is 0 Å². The van der Waals surface area contributed by atoms with Crippen molar-refractivity contribution in [3.05, 3.63) is 23.1 Å². The highest BCUT2D eigenvalue weighted by Gasteiger charge is 2.25. The van der Waals surface area contributed by atoms with Gasteiger partial charge >= 0.3 is 7.12 Å². The third kappa shape index (κ3) is 1.61. The maximum Gasteiger partial charge on any atom is 0.494 e. The molecule has 0 radical (unpaired) electrons. The molecular formula is C6H8BFO3. The highest BCUT2D eigenvalue weighted by atomic mass is 19.1. The standard InChI is InChI=1S/C6H8BFO3/c8-4-2-1-3-5(9)6(4)7(10)11/h2,9-11H,1,3H2. The fraction of sp³-hybridized carbons (Fsp3) is 0.333. The summed E-state index contributed by atoms with van der Waals surface area (Å²) < 4.78 is 12.7. The molecule has 1 aliphatic rings. The van der Waals surface area contributed by atoms with Crippen LogP contribution in [0.25, 0.3) is 0 Å². The zero-order valence-electron chi connectivity index (χ0n) is 5.79. The first-order chi connectivity index (χ1) is 5.13. The van der Waals surface area contributed by atoms with Gasteiger partial charge in [0.15, 0.2) is 0 Å². The lowest BCUT2D eigenvalue weighted by Crippen LogP contribution is -2.19. The summed E-state index contributed by atoms with van der Waals surface area (Å²) in [6.07, 6.45) is 1.88. The van der Waals surface area contributed by atoms with Crippen LogP contribution in [-0.2, 0) is 0 Å². The number of aliphatic hydroxyl groups excluding tert-OH is 1. The van der Waals surface area contributed by atoms with Gasteiger partial charge in [-0.3, -0.25) is 0 Å². The number of rotatable bonds is 1. The van der Waals surface area contributed by atoms with Crippen molar-refractivity contribution in [1.29, 1.82) is 0 Å². The molecule has 0 aromatic heterocycles. The molecule has 0 fully saturated rings. The van der Waals surface area contributed by atoms with Crippen molar-refractivity contribution in [3.63, 3.8) is 0 Å². The average Bonchev–Trinajstić information content (AvgIpc) is 1.85. The minimum atomic E-state index is -1.92. The average molecular weight is 158 g/mol. The zero-order valence-corrected chi connectivity index (χ0v) is 5.79. The minimum Gasteiger partial charge on any atom is -0.513 e. The molecule has 0 heterocycles. The summed E-state index contributed by atoms with van der Waals surface area (Å²) in [6.45, 7) is 0. The van der Waals surface area contributed by atoms with Crippen LogP contribution in [0.2, 0.25) is 0 Å². The van der Waals surface area contributed by atoms with E-state index in [1.54, 1.807) is 0 Å². The Bertz CT molecular complexity index is 222. The predicted octanol–water partition coefficient (Wildman–Crippen LogP) is 0.458. The van der Waals surface area contributed by atoms with Crippen LogP contribution in [0.4, 0.5) is 4.39 Å². The molecule has 0 aromatic carbocycles. The molecule has 5 heteroatoms. The lowest BCUT2D eigenvalue weighted by Gasteiger charge is -2.11. The van der Waals surface area contributed by atoms with Crippen LogP contribution in [-0.4, -0.2) is 22.3 Å². The number of halogens is 1. The molecule has 1 aliphatic carbocycles. The van der Waals surface area contributed by atoms with Gasteiger partial charge in [-0.2, -0.15) is 0 Å². The van der Waals surface area contributed by atoms with E-state index in [1.807, 2.05) is 0 Å². The highest BCUT2D eigenvalue weighted by Crippen LogP contribution is 2.24. The Morgan fingerprint density at radius 2 is 2.09 bits per heavy atom. The largest absolute Gasteiger partial charge is 0.513 e. The lowest BCUT2D eigenvalue weighted by atomic mass is 9.75. The summed E-state index contributed by atoms with van der Waals surface area (Å²) in [6, 6.07) is 0. The van der Waals surface area contributed by atoms with Crippen LogP contribution in [0.3, 0.4) is 0 Å². The second kappa shape index (κ2) is 3.06. The monoisotopic (exact) mass is 158 g/mol. The van der Waals surface area contributed by atoms with E-state index in [2.05, 4.69) is 0 Å². The van der Waals surface area contributed by atoms with Gasteiger partial charge in [0, 0.05) is 6.42 Å². The lowest BCUT2D eigenvalue weighted by molar-refractivity contribution is 0.363. The van der Waals surface area contributed by atoms with Crippen LogP contribution < -0.4 is 0 Å². The van der Waals surface area contributed by atoms with E-state index in [0.717, 1.165) is 0 Å². The summed E-state index contributed by atoms with van der Waals surface area (Å²) in [5.74, 6) is -1.02. The van der Waals surface area contributed by atoms with Gasteiger partial charge in [-0.05, 0) is 12.5 Å². The van der Waals surface area contributed by atoms with Gasteiger partial charge in [-0.15, -0.1) is 0 Å². The molecule has 11 heavy (non-hydrogen) atoms. The Hall–Kier alpha value is -0.805. The second-order valence-corrected chi connectivity index (χ2v) is 2.32. The van der Waals surface area contributed by atoms with Crippen molar-refractivity contribution in [2.75, 3.05) is 0 Å². The van der Waals surface area contributed by atoms with Gasteiger partial charge in [-0.25, -0.2) is 4.39 Å². The van der Waals surface area contributed by atoms with Gasteiger partial charge in [0.1, 0.15) is 5.83 Å². The fourth-order valence-corrected chi connectivity index (χ4v) is 0.990. The fourth-order valence-electron chi connectivity index (χ4n) is 0.990. The van der Waals surface area contributed by atoms with Crippen LogP contribution in [0.5, 0.6) is 0 Å². The minimum absolute atomic E-state index is 0.264. The summed E-state index contributed by atoms with van der Waals surface area (Å²) in [4.78, 5) is 0. The van der Waals surface area contributed by atoms with E-state index in [1.165, 1.54) is 6.08 Å². The van der Waals surface area contributed by atoms with Gasteiger partial charge in [-0.1, -0.05) is 0 Å². The Kier molecular flexibility index (Phi) is 2.31. The maximum absolute atomic E-state index is 12.7. The van der Waals surface area contributed by atoms with Crippen LogP contribution in [0, 0.1) is 0 Å². The first-order valence-electron chi connectivity index (χ1n) is 3.27. The third-order valence-corrected chi connectivity index (χ3v) is 1.53. The van der Waals surface area contributed by atoms with Crippen molar-refractivity contribution in [2.24, 2.45) is 0 Å². The Balaban J connectivity index is 2.94. The van der Waals surface area contributed by atoms with Crippen LogP contribution in [0.15, 0.2) is 23.1 Å². The zero-order chi connectivity index (χ0) is 8.43. The summed E-state index contributed by atoms with van der Waals surface area (Å²) in [5.41, 5.74) is -0.406. The second-order valence-electron chi connectivity index (χ2n) is 2.32. The normalized spacial score (nSPS) is 18.3. The first-order valence-corrected chi connectivity index (χ1v) is 3.27. The van der Waals surface area contributed by atoms with Crippen LogP contribution >= 0.6 is 0 Å².